The van der Waals surface area contributed by atoms with E-state index in [1.165, 1.54) is 6.33 Å². The van der Waals surface area contributed by atoms with Gasteiger partial charge < -0.3 is 30.5 Å². The van der Waals surface area contributed by atoms with Gasteiger partial charge in [0.05, 0.1) is 17.7 Å². The van der Waals surface area contributed by atoms with Gasteiger partial charge in [0, 0.05) is 37.6 Å². The number of nitrogens with zero attached hydrogens (tertiary/aromatic N) is 4. The Balaban J connectivity index is 1.57. The first-order valence-electron chi connectivity index (χ1n) is 11.3. The van der Waals surface area contributed by atoms with E-state index in [1.807, 2.05) is 48.2 Å². The molecule has 4 rings (SSSR count). The third kappa shape index (κ3) is 5.81. The molecule has 11 nitrogen and oxygen atoms in total. The molecule has 2 aliphatic heterocycles. The maximum Gasteiger partial charge on any atom is 0.259 e. The maximum atomic E-state index is 12.6. The van der Waals surface area contributed by atoms with Gasteiger partial charge in [-0.05, 0) is 32.6 Å². The summed E-state index contributed by atoms with van der Waals surface area (Å²) in [5.74, 6) is 1.54. The number of aliphatic hydroxyl groups excluding tert-OH is 1. The van der Waals surface area contributed by atoms with Crippen molar-refractivity contribution in [3.8, 4) is 5.75 Å². The third-order valence-corrected chi connectivity index (χ3v) is 5.67. The van der Waals surface area contributed by atoms with Crippen LogP contribution in [0.3, 0.4) is 0 Å². The number of amides is 1. The molecule has 0 aliphatic carbocycles. The summed E-state index contributed by atoms with van der Waals surface area (Å²) in [7, 11) is 3.86. The lowest BCUT2D eigenvalue weighted by atomic mass is 10.1. The summed E-state index contributed by atoms with van der Waals surface area (Å²) in [4.78, 5) is 25.1. The Kier molecular flexibility index (Phi) is 7.91. The molecule has 0 unspecified atom stereocenters. The molecule has 0 saturated heterocycles. The molecular weight excluding hydrogens is 438 g/mol. The number of nitrogens with one attached hydrogen (secondary N) is 3. The summed E-state index contributed by atoms with van der Waals surface area (Å²) >= 11 is 0. The van der Waals surface area contributed by atoms with Crippen molar-refractivity contribution in [3.05, 3.63) is 42.4 Å². The minimum absolute atomic E-state index is 0.106. The molecule has 0 radical (unpaired) electrons. The van der Waals surface area contributed by atoms with E-state index in [0.29, 0.717) is 54.9 Å². The highest BCUT2D eigenvalue weighted by molar-refractivity contribution is 6.32. The van der Waals surface area contributed by atoms with E-state index in [-0.39, 0.29) is 12.5 Å². The number of benzene rings is 1. The molecule has 2 bridgehead atoms. The average Bonchev–Trinajstić information content (AvgIpc) is 3.16. The highest BCUT2D eigenvalue weighted by Gasteiger charge is 2.29. The Labute approximate surface area is 198 Å². The Morgan fingerprint density at radius 3 is 2.91 bits per heavy atom. The van der Waals surface area contributed by atoms with Crippen LogP contribution in [0.4, 0.5) is 17.3 Å². The van der Waals surface area contributed by atoms with Gasteiger partial charge in [-0.1, -0.05) is 6.07 Å². The summed E-state index contributed by atoms with van der Waals surface area (Å²) in [6, 6.07) is 7.49. The van der Waals surface area contributed by atoms with Crippen molar-refractivity contribution in [3.63, 3.8) is 0 Å². The van der Waals surface area contributed by atoms with E-state index < -0.39 is 6.23 Å². The first-order chi connectivity index (χ1) is 16.5. The maximum absolute atomic E-state index is 12.6. The van der Waals surface area contributed by atoms with Crippen molar-refractivity contribution in [1.29, 1.82) is 0 Å². The summed E-state index contributed by atoms with van der Waals surface area (Å²) in [6.45, 7) is 2.73. The first-order valence-corrected chi connectivity index (χ1v) is 11.3. The van der Waals surface area contributed by atoms with Gasteiger partial charge in [-0.25, -0.2) is 9.97 Å². The first kappa shape index (κ1) is 23.9. The van der Waals surface area contributed by atoms with Crippen LogP contribution in [0.1, 0.15) is 12.0 Å². The molecule has 1 amide bonds. The molecule has 34 heavy (non-hydrogen) atoms. The van der Waals surface area contributed by atoms with Crippen molar-refractivity contribution >= 4 is 28.8 Å². The van der Waals surface area contributed by atoms with Crippen LogP contribution in [-0.2, 0) is 9.53 Å². The molecule has 0 spiro atoms. The Hall–Kier alpha value is -3.25. The van der Waals surface area contributed by atoms with E-state index >= 15 is 0 Å². The topological polar surface area (TPSA) is 124 Å². The number of ether oxygens (including phenoxy) is 2. The van der Waals surface area contributed by atoms with Gasteiger partial charge in [0.15, 0.2) is 0 Å². The number of carbonyl (C=O) groups is 1. The Morgan fingerprint density at radius 2 is 2.06 bits per heavy atom. The molecule has 3 heterocycles. The number of rotatable bonds is 1. The SMILES string of the molecule is CN1CCCNc2ncnc3c2/C(=C/Nc2cccc(c2)OCCN(C)[C@H](CO)OC1)C(=O)N3. The zero-order chi connectivity index (χ0) is 23.9. The van der Waals surface area contributed by atoms with Gasteiger partial charge in [-0.3, -0.25) is 14.6 Å². The highest BCUT2D eigenvalue weighted by atomic mass is 16.5. The van der Waals surface area contributed by atoms with E-state index in [2.05, 4.69) is 25.9 Å². The number of anilines is 3. The molecule has 11 heteroatoms. The number of hydrogen-bond acceptors (Lipinski definition) is 10. The van der Waals surface area contributed by atoms with E-state index in [4.69, 9.17) is 9.47 Å². The predicted molar refractivity (Wildman–Crippen MR) is 129 cm³/mol. The zero-order valence-electron chi connectivity index (χ0n) is 19.5. The van der Waals surface area contributed by atoms with Crippen LogP contribution < -0.4 is 20.7 Å². The van der Waals surface area contributed by atoms with E-state index in [1.54, 1.807) is 6.20 Å². The number of aromatic nitrogens is 2. The molecule has 1 aromatic heterocycles. The minimum atomic E-state index is -0.417. The van der Waals surface area contributed by atoms with Crippen molar-refractivity contribution in [2.75, 3.05) is 69.6 Å². The van der Waals surface area contributed by atoms with Crippen molar-refractivity contribution < 1.29 is 19.4 Å². The largest absolute Gasteiger partial charge is 0.492 e. The van der Waals surface area contributed by atoms with Crippen molar-refractivity contribution in [1.82, 2.24) is 19.8 Å². The predicted octanol–water partition coefficient (Wildman–Crippen LogP) is 1.23. The third-order valence-electron chi connectivity index (χ3n) is 5.67. The standard InChI is InChI=1S/C23H31N7O4/c1-29-8-4-7-24-21-20-18(23(32)28-22(20)27-14-26-21)12-25-16-5-3-6-17(11-16)33-10-9-30(2)19(13-31)34-15-29/h3,5-6,11-12,14,19,25,31H,4,7-10,13,15H2,1-2H3,(H2,24,26,27,28,32)/b18-12-/t19-/m0/s1. The van der Waals surface area contributed by atoms with Crippen LogP contribution in [0.25, 0.3) is 5.57 Å². The van der Waals surface area contributed by atoms with Gasteiger partial charge in [-0.15, -0.1) is 0 Å². The van der Waals surface area contributed by atoms with Crippen LogP contribution in [0.2, 0.25) is 0 Å². The number of hydrogen-bond donors (Lipinski definition) is 4. The van der Waals surface area contributed by atoms with Gasteiger partial charge in [0.2, 0.25) is 0 Å². The van der Waals surface area contributed by atoms with Gasteiger partial charge in [0.1, 0.15) is 43.3 Å². The molecule has 182 valence electrons. The Bertz CT molecular complexity index is 1030. The fourth-order valence-electron chi connectivity index (χ4n) is 3.73. The summed E-state index contributed by atoms with van der Waals surface area (Å²) in [5, 5.41) is 19.1. The van der Waals surface area contributed by atoms with Crippen LogP contribution in [0.5, 0.6) is 5.75 Å². The fourth-order valence-corrected chi connectivity index (χ4v) is 3.73. The number of aliphatic hydroxyl groups is 1. The molecule has 0 fully saturated rings. The quantitative estimate of drug-likeness (QED) is 0.485. The Morgan fingerprint density at radius 1 is 1.21 bits per heavy atom. The van der Waals surface area contributed by atoms with Gasteiger partial charge >= 0.3 is 0 Å². The smallest absolute Gasteiger partial charge is 0.259 e. The van der Waals surface area contributed by atoms with Crippen LogP contribution in [0, 0.1) is 0 Å². The normalized spacial score (nSPS) is 22.3. The summed E-state index contributed by atoms with van der Waals surface area (Å²) < 4.78 is 11.8. The lowest BCUT2D eigenvalue weighted by Crippen LogP contribution is -2.41. The summed E-state index contributed by atoms with van der Waals surface area (Å²) in [6.07, 6.45) is 3.51. The van der Waals surface area contributed by atoms with Crippen molar-refractivity contribution in [2.45, 2.75) is 12.6 Å². The second kappa shape index (κ2) is 11.3. The number of likely N-dealkylation sites (N-methyl/N-ethyl adjacent to an activating group) is 1. The van der Waals surface area contributed by atoms with E-state index in [0.717, 1.165) is 18.7 Å². The zero-order valence-corrected chi connectivity index (χ0v) is 19.5. The number of fused-ring (bicyclic) bond motifs is 2. The second-order valence-electron chi connectivity index (χ2n) is 8.25. The molecule has 2 aliphatic rings. The van der Waals surface area contributed by atoms with Crippen LogP contribution >= 0.6 is 0 Å². The molecule has 2 aromatic rings. The van der Waals surface area contributed by atoms with Gasteiger partial charge in [-0.2, -0.15) is 0 Å². The average molecular weight is 470 g/mol. The monoisotopic (exact) mass is 469 g/mol. The minimum Gasteiger partial charge on any atom is -0.492 e. The van der Waals surface area contributed by atoms with Crippen LogP contribution in [-0.4, -0.2) is 90.7 Å². The van der Waals surface area contributed by atoms with Gasteiger partial charge in [0.25, 0.3) is 5.91 Å². The highest BCUT2D eigenvalue weighted by Crippen LogP contribution is 2.34. The fraction of sp³-hybridized carbons (Fsp3) is 0.435. The molecular formula is C23H31N7O4. The molecule has 0 saturated carbocycles. The number of carbonyl (C=O) groups excluding carboxylic acids is 1. The molecule has 1 atom stereocenters. The van der Waals surface area contributed by atoms with E-state index in [9.17, 15) is 9.90 Å². The second-order valence-corrected chi connectivity index (χ2v) is 8.25. The lowest BCUT2D eigenvalue weighted by molar-refractivity contribution is -0.110. The lowest BCUT2D eigenvalue weighted by Gasteiger charge is -2.28. The molecule has 4 N–H and O–H groups in total. The summed E-state index contributed by atoms with van der Waals surface area (Å²) in [5.41, 5.74) is 1.88. The molecule has 1 aromatic carbocycles. The van der Waals surface area contributed by atoms with Crippen LogP contribution in [0.15, 0.2) is 36.8 Å². The van der Waals surface area contributed by atoms with Crippen molar-refractivity contribution in [2.24, 2.45) is 0 Å².